The molecular formula is C23H21N5O4S. The van der Waals surface area contributed by atoms with Gasteiger partial charge in [0.1, 0.15) is 0 Å². The first-order valence-electron chi connectivity index (χ1n) is 9.99. The fourth-order valence-corrected chi connectivity index (χ4v) is 3.88. The molecule has 168 valence electrons. The average molecular weight is 464 g/mol. The lowest BCUT2D eigenvalue weighted by atomic mass is 9.93. The lowest BCUT2D eigenvalue weighted by Gasteiger charge is -2.19. The first-order valence-corrected chi connectivity index (χ1v) is 11.5. The van der Waals surface area contributed by atoms with Gasteiger partial charge < -0.3 is 9.88 Å². The number of imidazole rings is 1. The molecule has 0 atom stereocenters. The second kappa shape index (κ2) is 9.23. The maximum absolute atomic E-state index is 12.5. The number of carbonyl (C=O) groups excluding carboxylic acids is 2. The summed E-state index contributed by atoms with van der Waals surface area (Å²) in [6.45, 7) is 0.987. The molecule has 9 nitrogen and oxygen atoms in total. The molecular weight excluding hydrogens is 442 g/mol. The van der Waals surface area contributed by atoms with Crippen LogP contribution >= 0.6 is 0 Å². The van der Waals surface area contributed by atoms with Crippen LogP contribution in [0.4, 0.5) is 0 Å². The standard InChI is InChI=1S/C23H21N5O4S/c24-33(31,32)18-6-3-17(4-7-18)13-26-14-21-20-12-16(2-1-10-28-11-9-25-15-28)5-8-19(20)22(29)27-23(21)30/h1-9,11-12,14-15,26H,10,13H2,(H2,24,31,32)(H,27,29,30). The zero-order valence-corrected chi connectivity index (χ0v) is 18.2. The van der Waals surface area contributed by atoms with Gasteiger partial charge in [-0.1, -0.05) is 30.4 Å². The van der Waals surface area contributed by atoms with Crippen molar-refractivity contribution in [2.24, 2.45) is 5.14 Å². The summed E-state index contributed by atoms with van der Waals surface area (Å²) >= 11 is 0. The lowest BCUT2D eigenvalue weighted by Crippen LogP contribution is -2.37. The number of benzene rings is 2. The molecule has 0 spiro atoms. The predicted molar refractivity (Wildman–Crippen MR) is 123 cm³/mol. The van der Waals surface area contributed by atoms with Gasteiger partial charge in [0.05, 0.1) is 16.8 Å². The minimum atomic E-state index is -3.75. The third-order valence-corrected chi connectivity index (χ3v) is 5.97. The summed E-state index contributed by atoms with van der Waals surface area (Å²) in [5.41, 5.74) is 2.91. The highest BCUT2D eigenvalue weighted by Gasteiger charge is 2.27. The Balaban J connectivity index is 1.53. The number of sulfonamides is 1. The van der Waals surface area contributed by atoms with E-state index < -0.39 is 21.8 Å². The minimum absolute atomic E-state index is 0.0253. The fourth-order valence-electron chi connectivity index (χ4n) is 3.36. The van der Waals surface area contributed by atoms with E-state index in [0.717, 1.165) is 11.1 Å². The van der Waals surface area contributed by atoms with E-state index in [1.807, 2.05) is 29.0 Å². The molecule has 2 amide bonds. The summed E-state index contributed by atoms with van der Waals surface area (Å²) in [6.07, 6.45) is 10.7. The molecule has 0 aliphatic carbocycles. The topological polar surface area (TPSA) is 136 Å². The molecule has 1 aromatic heterocycles. The Morgan fingerprint density at radius 3 is 2.55 bits per heavy atom. The van der Waals surface area contributed by atoms with Gasteiger partial charge in [0.2, 0.25) is 10.0 Å². The van der Waals surface area contributed by atoms with Crippen molar-refractivity contribution in [2.45, 2.75) is 18.0 Å². The van der Waals surface area contributed by atoms with Crippen LogP contribution in [0.3, 0.4) is 0 Å². The van der Waals surface area contributed by atoms with Gasteiger partial charge in [-0.05, 0) is 35.4 Å². The minimum Gasteiger partial charge on any atom is -0.386 e. The van der Waals surface area contributed by atoms with Crippen LogP contribution < -0.4 is 15.8 Å². The number of nitrogens with zero attached hydrogens (tertiary/aromatic N) is 2. The number of hydrogen-bond donors (Lipinski definition) is 3. The van der Waals surface area contributed by atoms with Crippen molar-refractivity contribution in [2.75, 3.05) is 0 Å². The fraction of sp³-hybridized carbons (Fsp3) is 0.0870. The summed E-state index contributed by atoms with van der Waals surface area (Å²) in [4.78, 5) is 28.8. The number of imide groups is 1. The highest BCUT2D eigenvalue weighted by molar-refractivity contribution is 7.89. The molecule has 2 heterocycles. The number of primary sulfonamides is 1. The molecule has 3 aromatic rings. The molecule has 4 rings (SSSR count). The zero-order chi connectivity index (χ0) is 23.4. The van der Waals surface area contributed by atoms with Crippen molar-refractivity contribution in [3.05, 3.63) is 95.7 Å². The van der Waals surface area contributed by atoms with E-state index in [-0.39, 0.29) is 4.90 Å². The van der Waals surface area contributed by atoms with Crippen LogP contribution in [0, 0.1) is 0 Å². The molecule has 33 heavy (non-hydrogen) atoms. The lowest BCUT2D eigenvalue weighted by molar-refractivity contribution is -0.114. The van der Waals surface area contributed by atoms with Crippen molar-refractivity contribution in [3.63, 3.8) is 0 Å². The molecule has 0 radical (unpaired) electrons. The zero-order valence-electron chi connectivity index (χ0n) is 17.4. The van der Waals surface area contributed by atoms with Crippen LogP contribution in [-0.4, -0.2) is 29.8 Å². The highest BCUT2D eigenvalue weighted by Crippen LogP contribution is 2.25. The van der Waals surface area contributed by atoms with Crippen LogP contribution in [0.5, 0.6) is 0 Å². The Labute approximate surface area is 190 Å². The van der Waals surface area contributed by atoms with E-state index in [1.165, 1.54) is 12.1 Å². The smallest absolute Gasteiger partial charge is 0.260 e. The molecule has 0 unspecified atom stereocenters. The maximum Gasteiger partial charge on any atom is 0.260 e. The average Bonchev–Trinajstić information content (AvgIpc) is 3.29. The van der Waals surface area contributed by atoms with Crippen molar-refractivity contribution in [3.8, 4) is 0 Å². The molecule has 0 saturated carbocycles. The summed E-state index contributed by atoms with van der Waals surface area (Å²) in [5.74, 6) is -0.941. The Bertz CT molecular complexity index is 1360. The number of rotatable bonds is 7. The van der Waals surface area contributed by atoms with Crippen LogP contribution in [0.15, 0.2) is 78.4 Å². The van der Waals surface area contributed by atoms with Gasteiger partial charge in [0.25, 0.3) is 11.8 Å². The van der Waals surface area contributed by atoms with E-state index in [1.54, 1.807) is 43.0 Å². The van der Waals surface area contributed by atoms with Crippen molar-refractivity contribution >= 4 is 33.5 Å². The summed E-state index contributed by atoms with van der Waals surface area (Å²) < 4.78 is 24.7. The quantitative estimate of drug-likeness (QED) is 0.360. The Kier molecular flexibility index (Phi) is 6.20. The van der Waals surface area contributed by atoms with Crippen molar-refractivity contribution < 1.29 is 18.0 Å². The van der Waals surface area contributed by atoms with Crippen molar-refractivity contribution in [1.29, 1.82) is 0 Å². The molecule has 2 aromatic carbocycles. The Morgan fingerprint density at radius 1 is 1.06 bits per heavy atom. The summed E-state index contributed by atoms with van der Waals surface area (Å²) in [7, 11) is -3.75. The third-order valence-electron chi connectivity index (χ3n) is 5.04. The van der Waals surface area contributed by atoms with Gasteiger partial charge in [-0.25, -0.2) is 18.5 Å². The van der Waals surface area contributed by atoms with Crippen LogP contribution in [-0.2, 0) is 27.9 Å². The molecule has 0 bridgehead atoms. The Hall–Kier alpha value is -4.02. The maximum atomic E-state index is 12.5. The Morgan fingerprint density at radius 2 is 1.85 bits per heavy atom. The number of fused-ring (bicyclic) bond motifs is 1. The van der Waals surface area contributed by atoms with Gasteiger partial charge in [-0.3, -0.25) is 14.9 Å². The number of nitrogens with two attached hydrogens (primary N) is 1. The third kappa shape index (κ3) is 5.25. The van der Waals surface area contributed by atoms with E-state index in [0.29, 0.717) is 29.8 Å². The predicted octanol–water partition coefficient (Wildman–Crippen LogP) is 1.64. The van der Waals surface area contributed by atoms with E-state index in [4.69, 9.17) is 5.14 Å². The number of allylic oxidation sites excluding steroid dienone is 1. The number of hydrogen-bond acceptors (Lipinski definition) is 6. The van der Waals surface area contributed by atoms with Gasteiger partial charge in [-0.15, -0.1) is 0 Å². The molecule has 1 aliphatic rings. The normalized spacial score (nSPS) is 15.0. The SMILES string of the molecule is NS(=O)(=O)c1ccc(CNC=C2C(=O)NC(=O)c3ccc(C=CCn4ccnc4)cc32)cc1. The second-order valence-corrected chi connectivity index (χ2v) is 8.94. The number of aromatic nitrogens is 2. The summed E-state index contributed by atoms with van der Waals surface area (Å²) in [6, 6.07) is 11.4. The van der Waals surface area contributed by atoms with Gasteiger partial charge in [0.15, 0.2) is 0 Å². The first-order chi connectivity index (χ1) is 15.8. The van der Waals surface area contributed by atoms with Crippen LogP contribution in [0.25, 0.3) is 11.6 Å². The van der Waals surface area contributed by atoms with E-state index in [9.17, 15) is 18.0 Å². The molecule has 4 N–H and O–H groups in total. The largest absolute Gasteiger partial charge is 0.386 e. The highest BCUT2D eigenvalue weighted by atomic mass is 32.2. The van der Waals surface area contributed by atoms with Gasteiger partial charge >= 0.3 is 0 Å². The number of amides is 2. The molecule has 0 fully saturated rings. The van der Waals surface area contributed by atoms with Crippen molar-refractivity contribution in [1.82, 2.24) is 20.2 Å². The number of nitrogens with one attached hydrogen (secondary N) is 2. The summed E-state index contributed by atoms with van der Waals surface area (Å²) in [5, 5.41) is 10.5. The van der Waals surface area contributed by atoms with E-state index >= 15 is 0 Å². The van der Waals surface area contributed by atoms with Gasteiger partial charge in [-0.2, -0.15) is 0 Å². The van der Waals surface area contributed by atoms with Gasteiger partial charge in [0, 0.05) is 42.8 Å². The van der Waals surface area contributed by atoms with Crippen LogP contribution in [0.2, 0.25) is 0 Å². The molecule has 1 aliphatic heterocycles. The number of carbonyl (C=O) groups is 2. The second-order valence-electron chi connectivity index (χ2n) is 7.38. The first kappa shape index (κ1) is 22.2. The monoisotopic (exact) mass is 463 g/mol. The van der Waals surface area contributed by atoms with Crippen LogP contribution in [0.1, 0.15) is 27.0 Å². The molecule has 10 heteroatoms. The molecule has 0 saturated heterocycles. The van der Waals surface area contributed by atoms with E-state index in [2.05, 4.69) is 15.6 Å².